The fourth-order valence-electron chi connectivity index (χ4n) is 1.02. The fraction of sp³-hybridized carbons (Fsp3) is 1.00. The third-order valence-corrected chi connectivity index (χ3v) is 1.67. The van der Waals surface area contributed by atoms with Crippen LogP contribution < -0.4 is 0 Å². The number of hydrogen-bond donors (Lipinski definition) is 0. The highest BCUT2D eigenvalue weighted by molar-refractivity contribution is 4.59. The van der Waals surface area contributed by atoms with Crippen LogP contribution in [0.2, 0.25) is 0 Å². The van der Waals surface area contributed by atoms with Crippen molar-refractivity contribution in [2.24, 2.45) is 0 Å². The third-order valence-electron chi connectivity index (χ3n) is 1.67. The summed E-state index contributed by atoms with van der Waals surface area (Å²) in [6.07, 6.45) is 2.53. The molecule has 0 saturated carbocycles. The van der Waals surface area contributed by atoms with Gasteiger partial charge in [0, 0.05) is 6.04 Å². The lowest BCUT2D eigenvalue weighted by molar-refractivity contribution is 0.279. The Hall–Kier alpha value is -0.0400. The van der Waals surface area contributed by atoms with Crippen molar-refractivity contribution < 1.29 is 0 Å². The van der Waals surface area contributed by atoms with E-state index in [1.807, 2.05) is 13.8 Å². The summed E-state index contributed by atoms with van der Waals surface area (Å²) < 4.78 is 0. The molecule has 0 aromatic heterocycles. The molecule has 0 heterocycles. The highest BCUT2D eigenvalue weighted by Gasteiger charge is 2.02. The largest absolute Gasteiger partial charge is 0.306 e. The first-order chi connectivity index (χ1) is 4.72. The smallest absolute Gasteiger partial charge is 0.00839 e. The maximum atomic E-state index is 2.28. The van der Waals surface area contributed by atoms with E-state index in [1.165, 1.54) is 12.8 Å². The van der Waals surface area contributed by atoms with Crippen molar-refractivity contribution in [1.82, 2.24) is 4.90 Å². The molecule has 0 aliphatic rings. The van der Waals surface area contributed by atoms with Crippen LogP contribution in [-0.2, 0) is 0 Å². The molecule has 0 aliphatic heterocycles. The normalized spacial score (nSPS) is 9.60. The van der Waals surface area contributed by atoms with Gasteiger partial charge in [0.2, 0.25) is 0 Å². The average Bonchev–Trinajstić information content (AvgIpc) is 1.94. The highest BCUT2D eigenvalue weighted by Crippen LogP contribution is 2.01. The van der Waals surface area contributed by atoms with Crippen LogP contribution in [0.5, 0.6) is 0 Å². The molecule has 10 heavy (non-hydrogen) atoms. The van der Waals surface area contributed by atoms with Crippen molar-refractivity contribution in [3.05, 3.63) is 0 Å². The summed E-state index contributed by atoms with van der Waals surface area (Å²) >= 11 is 0. The summed E-state index contributed by atoms with van der Waals surface area (Å²) in [6.45, 7) is 8.46. The van der Waals surface area contributed by atoms with Crippen LogP contribution in [0, 0.1) is 0 Å². The Morgan fingerprint density at radius 2 is 1.30 bits per heavy atom. The van der Waals surface area contributed by atoms with Gasteiger partial charge in [-0.25, -0.2) is 0 Å². The molecule has 1 heteroatoms. The van der Waals surface area contributed by atoms with Gasteiger partial charge in [-0.3, -0.25) is 0 Å². The van der Waals surface area contributed by atoms with Crippen LogP contribution in [0.25, 0.3) is 0 Å². The molecule has 0 amide bonds. The minimum atomic E-state index is 0.787. The SMILES string of the molecule is CC.CCC(CC)N(C)C. The summed E-state index contributed by atoms with van der Waals surface area (Å²) in [4.78, 5) is 2.28. The molecule has 0 atom stereocenters. The minimum Gasteiger partial charge on any atom is -0.306 e. The van der Waals surface area contributed by atoms with Gasteiger partial charge in [0.1, 0.15) is 0 Å². The first-order valence-corrected chi connectivity index (χ1v) is 4.38. The molecule has 0 aliphatic carbocycles. The standard InChI is InChI=1S/C7H17N.C2H6/c1-5-7(6-2)8(3)4;1-2/h7H,5-6H2,1-4H3;1-2H3. The Morgan fingerprint density at radius 1 is 1.00 bits per heavy atom. The Morgan fingerprint density at radius 3 is 1.30 bits per heavy atom. The van der Waals surface area contributed by atoms with Crippen LogP contribution in [0.3, 0.4) is 0 Å². The van der Waals surface area contributed by atoms with Gasteiger partial charge in [-0.15, -0.1) is 0 Å². The lowest BCUT2D eigenvalue weighted by Gasteiger charge is -2.20. The fourth-order valence-corrected chi connectivity index (χ4v) is 1.02. The molecular weight excluding hydrogens is 122 g/mol. The lowest BCUT2D eigenvalue weighted by Crippen LogP contribution is -2.25. The maximum Gasteiger partial charge on any atom is 0.00839 e. The Labute approximate surface area is 66.4 Å². The van der Waals surface area contributed by atoms with Crippen molar-refractivity contribution in [3.63, 3.8) is 0 Å². The van der Waals surface area contributed by atoms with Gasteiger partial charge in [0.15, 0.2) is 0 Å². The zero-order valence-corrected chi connectivity index (χ0v) is 8.44. The minimum absolute atomic E-state index is 0.787. The summed E-state index contributed by atoms with van der Waals surface area (Å²) in [7, 11) is 4.27. The second-order valence-electron chi connectivity index (χ2n) is 2.43. The third kappa shape index (κ3) is 6.09. The molecule has 0 radical (unpaired) electrons. The molecule has 0 unspecified atom stereocenters. The molecule has 0 bridgehead atoms. The number of nitrogens with zero attached hydrogens (tertiary/aromatic N) is 1. The van der Waals surface area contributed by atoms with Crippen molar-refractivity contribution >= 4 is 0 Å². The number of rotatable bonds is 3. The van der Waals surface area contributed by atoms with E-state index in [4.69, 9.17) is 0 Å². The highest BCUT2D eigenvalue weighted by atomic mass is 15.1. The molecule has 1 nitrogen and oxygen atoms in total. The van der Waals surface area contributed by atoms with Crippen LogP contribution in [-0.4, -0.2) is 25.0 Å². The predicted molar refractivity (Wildman–Crippen MR) is 49.4 cm³/mol. The van der Waals surface area contributed by atoms with Gasteiger partial charge in [-0.1, -0.05) is 27.7 Å². The van der Waals surface area contributed by atoms with Gasteiger partial charge in [0.25, 0.3) is 0 Å². The first kappa shape index (κ1) is 12.6. The van der Waals surface area contributed by atoms with Crippen LogP contribution in [0.15, 0.2) is 0 Å². The zero-order chi connectivity index (χ0) is 8.57. The zero-order valence-electron chi connectivity index (χ0n) is 8.44. The van der Waals surface area contributed by atoms with Gasteiger partial charge >= 0.3 is 0 Å². The van der Waals surface area contributed by atoms with Crippen LogP contribution in [0.1, 0.15) is 40.5 Å². The van der Waals surface area contributed by atoms with Crippen molar-refractivity contribution in [1.29, 1.82) is 0 Å². The first-order valence-electron chi connectivity index (χ1n) is 4.38. The molecule has 0 aromatic rings. The van der Waals surface area contributed by atoms with Crippen LogP contribution in [0.4, 0.5) is 0 Å². The van der Waals surface area contributed by atoms with Gasteiger partial charge in [-0.05, 0) is 26.9 Å². The van der Waals surface area contributed by atoms with E-state index in [9.17, 15) is 0 Å². The van der Waals surface area contributed by atoms with E-state index < -0.39 is 0 Å². The quantitative estimate of drug-likeness (QED) is 0.590. The van der Waals surface area contributed by atoms with E-state index in [2.05, 4.69) is 32.8 Å². The monoisotopic (exact) mass is 145 g/mol. The Kier molecular flexibility index (Phi) is 11.3. The molecule has 0 rings (SSSR count). The second-order valence-corrected chi connectivity index (χ2v) is 2.43. The summed E-state index contributed by atoms with van der Waals surface area (Å²) in [6, 6.07) is 0.787. The molecule has 0 N–H and O–H groups in total. The van der Waals surface area contributed by atoms with E-state index in [0.29, 0.717) is 0 Å². The van der Waals surface area contributed by atoms with Crippen LogP contribution >= 0.6 is 0 Å². The molecule has 0 spiro atoms. The van der Waals surface area contributed by atoms with Gasteiger partial charge in [0.05, 0.1) is 0 Å². The Bertz CT molecular complexity index is 46.7. The van der Waals surface area contributed by atoms with E-state index >= 15 is 0 Å². The average molecular weight is 145 g/mol. The summed E-state index contributed by atoms with van der Waals surface area (Å²) in [5, 5.41) is 0. The van der Waals surface area contributed by atoms with E-state index in [0.717, 1.165) is 6.04 Å². The molecule has 0 fully saturated rings. The molecule has 64 valence electrons. The number of hydrogen-bond acceptors (Lipinski definition) is 1. The summed E-state index contributed by atoms with van der Waals surface area (Å²) in [5.74, 6) is 0. The molecule has 0 saturated heterocycles. The van der Waals surface area contributed by atoms with Crippen molar-refractivity contribution in [2.75, 3.05) is 14.1 Å². The van der Waals surface area contributed by atoms with Crippen molar-refractivity contribution in [2.45, 2.75) is 46.6 Å². The topological polar surface area (TPSA) is 3.24 Å². The Balaban J connectivity index is 0. The van der Waals surface area contributed by atoms with Gasteiger partial charge in [-0.2, -0.15) is 0 Å². The van der Waals surface area contributed by atoms with E-state index in [1.54, 1.807) is 0 Å². The van der Waals surface area contributed by atoms with E-state index in [-0.39, 0.29) is 0 Å². The summed E-state index contributed by atoms with van der Waals surface area (Å²) in [5.41, 5.74) is 0. The van der Waals surface area contributed by atoms with Gasteiger partial charge < -0.3 is 4.90 Å². The second kappa shape index (κ2) is 8.96. The predicted octanol–water partition coefficient (Wildman–Crippen LogP) is 2.76. The molecule has 0 aromatic carbocycles. The molecular formula is C9H23N. The lowest BCUT2D eigenvalue weighted by atomic mass is 10.1. The van der Waals surface area contributed by atoms with Crippen molar-refractivity contribution in [3.8, 4) is 0 Å². The maximum absolute atomic E-state index is 2.28.